The molecule has 0 aromatic carbocycles. The first-order valence-electron chi connectivity index (χ1n) is 7.14. The fraction of sp³-hybridized carbons (Fsp3) is 0.500. The van der Waals surface area contributed by atoms with E-state index in [1.807, 2.05) is 18.5 Å². The number of nitrogens with zero attached hydrogens (tertiary/aromatic N) is 4. The number of amides is 1. The molecule has 1 N–H and O–H groups in total. The van der Waals surface area contributed by atoms with E-state index in [9.17, 15) is 9.90 Å². The Hall–Kier alpha value is -1.84. The summed E-state index contributed by atoms with van der Waals surface area (Å²) in [6, 6.07) is 1.92. The molecular formula is C14H18N4O4S. The van der Waals surface area contributed by atoms with E-state index >= 15 is 0 Å². The number of carbonyl (C=O) groups is 1. The van der Waals surface area contributed by atoms with E-state index in [4.69, 9.17) is 9.47 Å². The van der Waals surface area contributed by atoms with Crippen molar-refractivity contribution in [2.24, 2.45) is 0 Å². The molecule has 0 radical (unpaired) electrons. The number of fused-ring (bicyclic) bond motifs is 1. The van der Waals surface area contributed by atoms with Gasteiger partial charge >= 0.3 is 6.09 Å². The minimum Gasteiger partial charge on any atom is -0.465 e. The maximum atomic E-state index is 11.2. The molecule has 9 heteroatoms. The molecule has 3 rings (SSSR count). The van der Waals surface area contributed by atoms with Gasteiger partial charge in [0.1, 0.15) is 29.1 Å². The monoisotopic (exact) mass is 338 g/mol. The van der Waals surface area contributed by atoms with Crippen LogP contribution in [0.25, 0.3) is 5.52 Å². The predicted molar refractivity (Wildman–Crippen MR) is 83.9 cm³/mol. The molecule has 3 heterocycles. The van der Waals surface area contributed by atoms with E-state index in [0.717, 1.165) is 16.1 Å². The summed E-state index contributed by atoms with van der Waals surface area (Å²) in [5.74, 6) is 0. The summed E-state index contributed by atoms with van der Waals surface area (Å²) in [5, 5.41) is 14.2. The van der Waals surface area contributed by atoms with E-state index in [1.165, 1.54) is 23.0 Å². The smallest absolute Gasteiger partial charge is 0.407 e. The first-order chi connectivity index (χ1) is 11.2. The molecule has 1 aliphatic rings. The van der Waals surface area contributed by atoms with Crippen LogP contribution in [0.15, 0.2) is 23.6 Å². The van der Waals surface area contributed by atoms with Gasteiger partial charge in [-0.05, 0) is 12.3 Å². The molecular weight excluding hydrogens is 320 g/mol. The third kappa shape index (κ3) is 2.99. The van der Waals surface area contributed by atoms with E-state index in [-0.39, 0.29) is 18.8 Å². The Morgan fingerprint density at radius 1 is 1.61 bits per heavy atom. The number of rotatable bonds is 4. The van der Waals surface area contributed by atoms with Gasteiger partial charge in [0.2, 0.25) is 0 Å². The number of ether oxygens (including phenoxy) is 2. The summed E-state index contributed by atoms with van der Waals surface area (Å²) in [6.07, 6.45) is 3.60. The molecule has 0 aliphatic carbocycles. The minimum atomic E-state index is -0.942. The molecule has 1 fully saturated rings. The van der Waals surface area contributed by atoms with Gasteiger partial charge in [0.05, 0.1) is 13.2 Å². The van der Waals surface area contributed by atoms with Gasteiger partial charge in [-0.3, -0.25) is 0 Å². The van der Waals surface area contributed by atoms with Gasteiger partial charge in [-0.1, -0.05) is 0 Å². The zero-order valence-corrected chi connectivity index (χ0v) is 13.7. The first kappa shape index (κ1) is 16.0. The van der Waals surface area contributed by atoms with Crippen molar-refractivity contribution < 1.29 is 19.4 Å². The lowest BCUT2D eigenvalue weighted by molar-refractivity contribution is -0.0960. The molecule has 0 spiro atoms. The Morgan fingerprint density at radius 3 is 3.13 bits per heavy atom. The van der Waals surface area contributed by atoms with Crippen molar-refractivity contribution in [3.05, 3.63) is 24.2 Å². The Morgan fingerprint density at radius 2 is 2.43 bits per heavy atom. The van der Waals surface area contributed by atoms with Crippen molar-refractivity contribution in [1.82, 2.24) is 19.5 Å². The van der Waals surface area contributed by atoms with Gasteiger partial charge in [0.25, 0.3) is 0 Å². The number of methoxy groups -OCH3 is 1. The van der Waals surface area contributed by atoms with Gasteiger partial charge in [-0.15, -0.1) is 11.8 Å². The van der Waals surface area contributed by atoms with Gasteiger partial charge in [-0.2, -0.15) is 5.10 Å². The number of morpholine rings is 1. The maximum Gasteiger partial charge on any atom is 0.407 e. The van der Waals surface area contributed by atoms with Crippen molar-refractivity contribution in [2.75, 3.05) is 33.1 Å². The number of aromatic nitrogens is 3. The predicted octanol–water partition coefficient (Wildman–Crippen LogP) is 1.52. The molecule has 1 saturated heterocycles. The summed E-state index contributed by atoms with van der Waals surface area (Å²) in [7, 11) is 1.60. The topological polar surface area (TPSA) is 89.2 Å². The van der Waals surface area contributed by atoms with Crippen molar-refractivity contribution in [3.63, 3.8) is 0 Å². The van der Waals surface area contributed by atoms with Gasteiger partial charge in [0.15, 0.2) is 0 Å². The minimum absolute atomic E-state index is 0.271. The fourth-order valence-corrected chi connectivity index (χ4v) is 3.40. The second-order valence-corrected chi connectivity index (χ2v) is 5.92. The third-order valence-electron chi connectivity index (χ3n) is 3.91. The van der Waals surface area contributed by atoms with E-state index in [1.54, 1.807) is 11.6 Å². The highest BCUT2D eigenvalue weighted by Crippen LogP contribution is 2.32. The Labute approximate surface area is 137 Å². The molecule has 2 unspecified atom stereocenters. The van der Waals surface area contributed by atoms with Crippen LogP contribution >= 0.6 is 11.8 Å². The number of hydrogen-bond donors (Lipinski definition) is 1. The average molecular weight is 338 g/mol. The molecule has 1 aliphatic heterocycles. The SMILES string of the molecule is COC(c1ccn2ncnc(SC)c12)C1CN(C(=O)O)CCO1. The lowest BCUT2D eigenvalue weighted by atomic mass is 10.0. The van der Waals surface area contributed by atoms with Crippen molar-refractivity contribution in [3.8, 4) is 0 Å². The van der Waals surface area contributed by atoms with Crippen molar-refractivity contribution >= 4 is 23.4 Å². The molecule has 2 aromatic heterocycles. The van der Waals surface area contributed by atoms with Gasteiger partial charge in [-0.25, -0.2) is 14.3 Å². The average Bonchev–Trinajstić information content (AvgIpc) is 3.00. The molecule has 1 amide bonds. The summed E-state index contributed by atoms with van der Waals surface area (Å²) < 4.78 is 13.2. The molecule has 2 atom stereocenters. The number of hydrogen-bond acceptors (Lipinski definition) is 6. The summed E-state index contributed by atoms with van der Waals surface area (Å²) in [4.78, 5) is 16.9. The van der Waals surface area contributed by atoms with E-state index in [2.05, 4.69) is 10.1 Å². The third-order valence-corrected chi connectivity index (χ3v) is 4.59. The second kappa shape index (κ2) is 6.73. The highest BCUT2D eigenvalue weighted by Gasteiger charge is 2.33. The molecule has 0 bridgehead atoms. The summed E-state index contributed by atoms with van der Waals surface area (Å²) in [5.41, 5.74) is 1.76. The van der Waals surface area contributed by atoms with Crippen LogP contribution in [0.3, 0.4) is 0 Å². The van der Waals surface area contributed by atoms with E-state index < -0.39 is 6.09 Å². The normalized spacial score (nSPS) is 19.9. The van der Waals surface area contributed by atoms with E-state index in [0.29, 0.717) is 13.2 Å². The number of carboxylic acid groups (broad SMARTS) is 1. The molecule has 23 heavy (non-hydrogen) atoms. The second-order valence-electron chi connectivity index (χ2n) is 5.13. The van der Waals surface area contributed by atoms with Gasteiger partial charge in [0, 0.05) is 25.4 Å². The molecule has 0 saturated carbocycles. The van der Waals surface area contributed by atoms with Crippen LogP contribution < -0.4 is 0 Å². The zero-order chi connectivity index (χ0) is 16.4. The molecule has 124 valence electrons. The quantitative estimate of drug-likeness (QED) is 0.845. The highest BCUT2D eigenvalue weighted by molar-refractivity contribution is 7.98. The summed E-state index contributed by atoms with van der Waals surface area (Å²) >= 11 is 1.52. The van der Waals surface area contributed by atoms with Crippen LogP contribution in [0.2, 0.25) is 0 Å². The Kier molecular flexibility index (Phi) is 4.69. The van der Waals surface area contributed by atoms with Crippen LogP contribution in [-0.2, 0) is 9.47 Å². The molecule has 8 nitrogen and oxygen atoms in total. The highest BCUT2D eigenvalue weighted by atomic mass is 32.2. The van der Waals surface area contributed by atoms with Crippen LogP contribution in [0, 0.1) is 0 Å². The van der Waals surface area contributed by atoms with Crippen LogP contribution in [-0.4, -0.2) is 69.9 Å². The lowest BCUT2D eigenvalue weighted by Crippen LogP contribution is -2.47. The number of thioether (sulfide) groups is 1. The largest absolute Gasteiger partial charge is 0.465 e. The fourth-order valence-electron chi connectivity index (χ4n) is 2.84. The summed E-state index contributed by atoms with van der Waals surface area (Å²) in [6.45, 7) is 1.000. The zero-order valence-electron chi connectivity index (χ0n) is 12.9. The standard InChI is InChI=1S/C14H18N4O4S/c1-21-12(10-7-17(14(19)20)5-6-22-10)9-3-4-18-11(9)13(23-2)15-8-16-18/h3-4,8,10,12H,5-7H2,1-2H3,(H,19,20). The maximum absolute atomic E-state index is 11.2. The van der Waals surface area contributed by atoms with Crippen LogP contribution in [0.4, 0.5) is 4.79 Å². The molecule has 2 aromatic rings. The van der Waals surface area contributed by atoms with Crippen molar-refractivity contribution in [2.45, 2.75) is 17.2 Å². The van der Waals surface area contributed by atoms with Crippen molar-refractivity contribution in [1.29, 1.82) is 0 Å². The van der Waals surface area contributed by atoms with Crippen LogP contribution in [0.5, 0.6) is 0 Å². The Bertz CT molecular complexity index is 707. The van der Waals surface area contributed by atoms with Crippen LogP contribution in [0.1, 0.15) is 11.7 Å². The lowest BCUT2D eigenvalue weighted by Gasteiger charge is -2.35. The van der Waals surface area contributed by atoms with Gasteiger partial charge < -0.3 is 19.5 Å². The first-order valence-corrected chi connectivity index (χ1v) is 8.36. The Balaban J connectivity index is 1.96.